The first-order valence-corrected chi connectivity index (χ1v) is 11.2. The summed E-state index contributed by atoms with van der Waals surface area (Å²) in [6.45, 7) is 4.17. The van der Waals surface area contributed by atoms with E-state index >= 15 is 0 Å². The topological polar surface area (TPSA) is 59.9 Å². The molecule has 1 aliphatic heterocycles. The van der Waals surface area contributed by atoms with Gasteiger partial charge in [-0.25, -0.2) is 0 Å². The highest BCUT2D eigenvalue weighted by Crippen LogP contribution is 2.40. The summed E-state index contributed by atoms with van der Waals surface area (Å²) in [6.07, 6.45) is -0.366. The molecule has 0 bridgehead atoms. The summed E-state index contributed by atoms with van der Waals surface area (Å²) in [5.41, 5.74) is 7.22. The summed E-state index contributed by atoms with van der Waals surface area (Å²) in [7, 11) is 0. The Balaban J connectivity index is 1.49. The normalized spacial score (nSPS) is 14.6. The number of aromatic nitrogens is 3. The summed E-state index contributed by atoms with van der Waals surface area (Å²) >= 11 is 1.56. The Hall–Kier alpha value is -3.38. The standard InChI is InChI=1S/C25H22N4OS/c1-16-11-13-18(14-12-16)15-31-25-27-24-22(28-29-25)20-9-5-6-10-21(20)26-23(30-24)19-8-4-3-7-17(19)2/h3-14,23,26H,15H2,1-2H3. The number of nitrogens with one attached hydrogen (secondary N) is 1. The van der Waals surface area contributed by atoms with Crippen molar-refractivity contribution < 1.29 is 4.74 Å². The first-order chi connectivity index (χ1) is 15.2. The van der Waals surface area contributed by atoms with Crippen LogP contribution < -0.4 is 10.1 Å². The van der Waals surface area contributed by atoms with Crippen molar-refractivity contribution in [1.29, 1.82) is 0 Å². The van der Waals surface area contributed by atoms with E-state index in [1.165, 1.54) is 11.1 Å². The number of hydrogen-bond acceptors (Lipinski definition) is 6. The smallest absolute Gasteiger partial charge is 0.247 e. The highest BCUT2D eigenvalue weighted by molar-refractivity contribution is 7.98. The lowest BCUT2D eigenvalue weighted by Crippen LogP contribution is -2.18. The van der Waals surface area contributed by atoms with Crippen molar-refractivity contribution in [2.24, 2.45) is 0 Å². The molecule has 6 heteroatoms. The van der Waals surface area contributed by atoms with Crippen molar-refractivity contribution in [3.8, 4) is 17.1 Å². The van der Waals surface area contributed by atoms with Gasteiger partial charge in [-0.3, -0.25) is 0 Å². The summed E-state index contributed by atoms with van der Waals surface area (Å²) in [5.74, 6) is 1.27. The van der Waals surface area contributed by atoms with Crippen molar-refractivity contribution in [3.63, 3.8) is 0 Å². The van der Waals surface area contributed by atoms with Crippen LogP contribution in [0.5, 0.6) is 5.88 Å². The van der Waals surface area contributed by atoms with Gasteiger partial charge in [0.2, 0.25) is 11.0 Å². The highest BCUT2D eigenvalue weighted by Gasteiger charge is 2.26. The Morgan fingerprint density at radius 2 is 1.68 bits per heavy atom. The minimum absolute atomic E-state index is 0.366. The quantitative estimate of drug-likeness (QED) is 0.407. The molecular weight excluding hydrogens is 404 g/mol. The molecule has 1 N–H and O–H groups in total. The van der Waals surface area contributed by atoms with Gasteiger partial charge >= 0.3 is 0 Å². The Kier molecular flexibility index (Phi) is 5.30. The van der Waals surface area contributed by atoms with E-state index in [2.05, 4.69) is 65.8 Å². The zero-order valence-corrected chi connectivity index (χ0v) is 18.2. The predicted octanol–water partition coefficient (Wildman–Crippen LogP) is 5.95. The van der Waals surface area contributed by atoms with Gasteiger partial charge in [0.25, 0.3) is 0 Å². The average molecular weight is 427 g/mol. The third kappa shape index (κ3) is 4.11. The molecule has 4 aromatic rings. The summed E-state index contributed by atoms with van der Waals surface area (Å²) in [6, 6.07) is 24.7. The molecule has 0 spiro atoms. The first-order valence-electron chi connectivity index (χ1n) is 10.2. The number of para-hydroxylation sites is 1. The molecule has 3 aromatic carbocycles. The second-order valence-electron chi connectivity index (χ2n) is 7.57. The number of rotatable bonds is 4. The average Bonchev–Trinajstić information content (AvgIpc) is 2.95. The van der Waals surface area contributed by atoms with E-state index in [-0.39, 0.29) is 6.23 Å². The summed E-state index contributed by atoms with van der Waals surface area (Å²) < 4.78 is 6.38. The molecule has 154 valence electrons. The van der Waals surface area contributed by atoms with Crippen molar-refractivity contribution in [2.45, 2.75) is 31.0 Å². The maximum atomic E-state index is 6.38. The van der Waals surface area contributed by atoms with E-state index in [4.69, 9.17) is 9.72 Å². The van der Waals surface area contributed by atoms with E-state index in [1.54, 1.807) is 11.8 Å². The zero-order valence-electron chi connectivity index (χ0n) is 17.4. The Morgan fingerprint density at radius 3 is 2.52 bits per heavy atom. The van der Waals surface area contributed by atoms with Crippen LogP contribution in [-0.4, -0.2) is 15.2 Å². The Bertz CT molecular complexity index is 1230. The number of nitrogens with zero attached hydrogens (tertiary/aromatic N) is 3. The van der Waals surface area contributed by atoms with Gasteiger partial charge in [-0.1, -0.05) is 84.1 Å². The van der Waals surface area contributed by atoms with Gasteiger partial charge in [0, 0.05) is 22.6 Å². The number of hydrogen-bond donors (Lipinski definition) is 1. The molecule has 0 amide bonds. The second-order valence-corrected chi connectivity index (χ2v) is 8.51. The van der Waals surface area contributed by atoms with Crippen LogP contribution in [0.1, 0.15) is 28.5 Å². The number of aryl methyl sites for hydroxylation is 2. The van der Waals surface area contributed by atoms with Gasteiger partial charge in [-0.05, 0) is 31.0 Å². The van der Waals surface area contributed by atoms with E-state index in [0.717, 1.165) is 28.1 Å². The van der Waals surface area contributed by atoms with Crippen molar-refractivity contribution in [1.82, 2.24) is 15.2 Å². The lowest BCUT2D eigenvalue weighted by atomic mass is 10.1. The van der Waals surface area contributed by atoms with Gasteiger partial charge in [-0.15, -0.1) is 10.2 Å². The fourth-order valence-corrected chi connectivity index (χ4v) is 4.30. The lowest BCUT2D eigenvalue weighted by Gasteiger charge is -2.21. The zero-order chi connectivity index (χ0) is 21.2. The fourth-order valence-electron chi connectivity index (χ4n) is 3.56. The second kappa shape index (κ2) is 8.40. The number of ether oxygens (including phenoxy) is 1. The molecule has 0 radical (unpaired) electrons. The van der Waals surface area contributed by atoms with Crippen LogP contribution in [0.2, 0.25) is 0 Å². The monoisotopic (exact) mass is 426 g/mol. The molecule has 31 heavy (non-hydrogen) atoms. The first kappa shape index (κ1) is 19.6. The van der Waals surface area contributed by atoms with Crippen LogP contribution in [0, 0.1) is 13.8 Å². The lowest BCUT2D eigenvalue weighted by molar-refractivity contribution is 0.224. The van der Waals surface area contributed by atoms with E-state index in [9.17, 15) is 0 Å². The largest absolute Gasteiger partial charge is 0.448 e. The molecule has 5 nitrogen and oxygen atoms in total. The molecule has 0 fully saturated rings. The van der Waals surface area contributed by atoms with Crippen LogP contribution >= 0.6 is 11.8 Å². The molecule has 1 unspecified atom stereocenters. The third-order valence-electron chi connectivity index (χ3n) is 5.29. The fraction of sp³-hybridized carbons (Fsp3) is 0.160. The third-order valence-corrected chi connectivity index (χ3v) is 6.20. The molecule has 0 saturated heterocycles. The minimum atomic E-state index is -0.366. The van der Waals surface area contributed by atoms with Crippen LogP contribution in [0.4, 0.5) is 5.69 Å². The van der Waals surface area contributed by atoms with Crippen LogP contribution in [-0.2, 0) is 5.75 Å². The van der Waals surface area contributed by atoms with Crippen LogP contribution in [0.15, 0.2) is 78.0 Å². The van der Waals surface area contributed by atoms with Gasteiger partial charge < -0.3 is 10.1 Å². The molecule has 2 heterocycles. The maximum Gasteiger partial charge on any atom is 0.247 e. The number of fused-ring (bicyclic) bond motifs is 3. The molecule has 1 aromatic heterocycles. The molecule has 5 rings (SSSR count). The highest BCUT2D eigenvalue weighted by atomic mass is 32.2. The van der Waals surface area contributed by atoms with Gasteiger partial charge in [0.1, 0.15) is 0 Å². The Labute approximate surface area is 185 Å². The molecule has 0 aliphatic carbocycles. The van der Waals surface area contributed by atoms with Crippen molar-refractivity contribution >= 4 is 17.4 Å². The SMILES string of the molecule is Cc1ccc(CSc2nnc3c(n2)OC(c2ccccc2C)Nc2ccccc2-3)cc1. The number of benzene rings is 3. The van der Waals surface area contributed by atoms with Gasteiger partial charge in [0.15, 0.2) is 11.9 Å². The minimum Gasteiger partial charge on any atom is -0.448 e. The molecular formula is C25H22N4OS. The molecule has 1 aliphatic rings. The van der Waals surface area contributed by atoms with E-state index in [1.807, 2.05) is 36.4 Å². The Morgan fingerprint density at radius 1 is 0.903 bits per heavy atom. The van der Waals surface area contributed by atoms with Crippen molar-refractivity contribution in [3.05, 3.63) is 95.1 Å². The van der Waals surface area contributed by atoms with Crippen molar-refractivity contribution in [2.75, 3.05) is 5.32 Å². The summed E-state index contributed by atoms with van der Waals surface area (Å²) in [4.78, 5) is 4.74. The van der Waals surface area contributed by atoms with Gasteiger partial charge in [0.05, 0.1) is 0 Å². The van der Waals surface area contributed by atoms with Gasteiger partial charge in [-0.2, -0.15) is 4.98 Å². The number of thioether (sulfide) groups is 1. The molecule has 1 atom stereocenters. The van der Waals surface area contributed by atoms with E-state index in [0.29, 0.717) is 16.7 Å². The van der Waals surface area contributed by atoms with E-state index < -0.39 is 0 Å². The summed E-state index contributed by atoms with van der Waals surface area (Å²) in [5, 5.41) is 13.0. The maximum absolute atomic E-state index is 6.38. The van der Waals surface area contributed by atoms with Crippen LogP contribution in [0.3, 0.4) is 0 Å². The predicted molar refractivity (Wildman–Crippen MR) is 124 cm³/mol. The number of anilines is 1. The molecule has 0 saturated carbocycles. The van der Waals surface area contributed by atoms with Crippen LogP contribution in [0.25, 0.3) is 11.3 Å².